The van der Waals surface area contributed by atoms with Crippen molar-refractivity contribution >= 4 is 28.8 Å². The van der Waals surface area contributed by atoms with Gasteiger partial charge in [0.05, 0.1) is 0 Å². The molecule has 1 aliphatic rings. The maximum Gasteiger partial charge on any atom is 0.0410 e. The molecular formula is C12H12Cl2. The Hall–Kier alpha value is -0.460. The highest BCUT2D eigenvalue weighted by molar-refractivity contribution is 6.30. The Bertz CT molecular complexity index is 334. The first-order valence-electron chi connectivity index (χ1n) is 4.83. The van der Waals surface area contributed by atoms with Gasteiger partial charge in [-0.2, -0.15) is 0 Å². The molecule has 2 heteroatoms. The van der Waals surface area contributed by atoms with E-state index in [0.29, 0.717) is 5.88 Å². The highest BCUT2D eigenvalue weighted by Gasteiger charge is 2.26. The summed E-state index contributed by atoms with van der Waals surface area (Å²) in [5, 5.41) is 0.787. The summed E-state index contributed by atoms with van der Waals surface area (Å²) < 4.78 is 0. The van der Waals surface area contributed by atoms with E-state index in [1.54, 1.807) is 0 Å². The second-order valence-electron chi connectivity index (χ2n) is 3.59. The van der Waals surface area contributed by atoms with Gasteiger partial charge in [0.25, 0.3) is 0 Å². The number of alkyl halides is 1. The van der Waals surface area contributed by atoms with Crippen LogP contribution in [0, 0.1) is 5.92 Å². The van der Waals surface area contributed by atoms with Crippen LogP contribution >= 0.6 is 23.2 Å². The van der Waals surface area contributed by atoms with Crippen LogP contribution in [0.2, 0.25) is 5.02 Å². The van der Waals surface area contributed by atoms with E-state index in [-0.39, 0.29) is 0 Å². The van der Waals surface area contributed by atoms with Crippen molar-refractivity contribution in [3.63, 3.8) is 0 Å². The molecule has 14 heavy (non-hydrogen) atoms. The maximum atomic E-state index is 5.84. The third-order valence-corrected chi connectivity index (χ3v) is 2.90. The molecule has 0 nitrogen and oxygen atoms in total. The van der Waals surface area contributed by atoms with Gasteiger partial charge in [0, 0.05) is 10.9 Å². The molecule has 1 aliphatic carbocycles. The third-order valence-electron chi connectivity index (χ3n) is 2.49. The van der Waals surface area contributed by atoms with Crippen molar-refractivity contribution in [1.82, 2.24) is 0 Å². The van der Waals surface area contributed by atoms with E-state index < -0.39 is 0 Å². The summed E-state index contributed by atoms with van der Waals surface area (Å²) in [5.74, 6) is 1.32. The number of rotatable bonds is 3. The second kappa shape index (κ2) is 4.37. The summed E-state index contributed by atoms with van der Waals surface area (Å²) >= 11 is 11.6. The van der Waals surface area contributed by atoms with E-state index in [9.17, 15) is 0 Å². The zero-order chi connectivity index (χ0) is 9.97. The minimum atomic E-state index is 0.592. The highest BCUT2D eigenvalue weighted by atomic mass is 35.5. The Morgan fingerprint density at radius 1 is 1.29 bits per heavy atom. The molecule has 0 bridgehead atoms. The molecule has 1 aromatic rings. The molecular weight excluding hydrogens is 215 g/mol. The lowest BCUT2D eigenvalue weighted by Gasteiger charge is -2.05. The van der Waals surface area contributed by atoms with Crippen LogP contribution in [0.5, 0.6) is 0 Å². The molecule has 1 aromatic carbocycles. The standard InChI is InChI=1S/C12H12Cl2/c13-8-7-12(9-1-2-9)10-3-5-11(14)6-4-10/h3-7,9H,1-2,8H2. The van der Waals surface area contributed by atoms with Gasteiger partial charge in [-0.3, -0.25) is 0 Å². The number of halogens is 2. The largest absolute Gasteiger partial charge is 0.122 e. The van der Waals surface area contributed by atoms with E-state index >= 15 is 0 Å². The zero-order valence-electron chi connectivity index (χ0n) is 7.84. The monoisotopic (exact) mass is 226 g/mol. The summed E-state index contributed by atoms with van der Waals surface area (Å²) in [6.45, 7) is 0. The quantitative estimate of drug-likeness (QED) is 0.672. The van der Waals surface area contributed by atoms with Crippen LogP contribution in [0.3, 0.4) is 0 Å². The SMILES string of the molecule is ClCC=C(c1ccc(Cl)cc1)C1CC1. The van der Waals surface area contributed by atoms with E-state index in [2.05, 4.69) is 18.2 Å². The molecule has 0 spiro atoms. The van der Waals surface area contributed by atoms with Crippen molar-refractivity contribution in [2.75, 3.05) is 5.88 Å². The molecule has 0 aromatic heterocycles. The number of hydrogen-bond acceptors (Lipinski definition) is 0. The van der Waals surface area contributed by atoms with Crippen molar-refractivity contribution < 1.29 is 0 Å². The van der Waals surface area contributed by atoms with Crippen molar-refractivity contribution in [2.24, 2.45) is 5.92 Å². The number of allylic oxidation sites excluding steroid dienone is 2. The molecule has 1 saturated carbocycles. The Morgan fingerprint density at radius 3 is 2.43 bits per heavy atom. The second-order valence-corrected chi connectivity index (χ2v) is 4.34. The van der Waals surface area contributed by atoms with Crippen LogP contribution in [-0.2, 0) is 0 Å². The van der Waals surface area contributed by atoms with Gasteiger partial charge in [0.2, 0.25) is 0 Å². The first-order valence-corrected chi connectivity index (χ1v) is 5.74. The minimum absolute atomic E-state index is 0.592. The molecule has 0 radical (unpaired) electrons. The van der Waals surface area contributed by atoms with Crippen LogP contribution in [0.25, 0.3) is 5.57 Å². The minimum Gasteiger partial charge on any atom is -0.122 e. The fourth-order valence-electron chi connectivity index (χ4n) is 1.64. The zero-order valence-corrected chi connectivity index (χ0v) is 9.35. The molecule has 1 fully saturated rings. The third kappa shape index (κ3) is 2.31. The van der Waals surface area contributed by atoms with Crippen LogP contribution < -0.4 is 0 Å². The molecule has 74 valence electrons. The van der Waals surface area contributed by atoms with Gasteiger partial charge in [0.15, 0.2) is 0 Å². The topological polar surface area (TPSA) is 0 Å². The molecule has 0 N–H and O–H groups in total. The number of hydrogen-bond donors (Lipinski definition) is 0. The molecule has 0 heterocycles. The van der Waals surface area contributed by atoms with Gasteiger partial charge in [-0.05, 0) is 42.0 Å². The average molecular weight is 227 g/mol. The fourth-order valence-corrected chi connectivity index (χ4v) is 1.93. The van der Waals surface area contributed by atoms with Crippen LogP contribution in [-0.4, -0.2) is 5.88 Å². The predicted octanol–water partition coefficient (Wildman–Crippen LogP) is 4.37. The highest BCUT2D eigenvalue weighted by Crippen LogP contribution is 2.42. The van der Waals surface area contributed by atoms with Crippen LogP contribution in [0.1, 0.15) is 18.4 Å². The summed E-state index contributed by atoms with van der Waals surface area (Å²) in [7, 11) is 0. The van der Waals surface area contributed by atoms with Gasteiger partial charge in [-0.1, -0.05) is 29.8 Å². The molecule has 2 rings (SSSR count). The van der Waals surface area contributed by atoms with Gasteiger partial charge in [-0.25, -0.2) is 0 Å². The first-order chi connectivity index (χ1) is 6.81. The smallest absolute Gasteiger partial charge is 0.0410 e. The van der Waals surface area contributed by atoms with Crippen molar-refractivity contribution in [3.8, 4) is 0 Å². The maximum absolute atomic E-state index is 5.84. The van der Waals surface area contributed by atoms with E-state index in [1.807, 2.05) is 12.1 Å². The number of benzene rings is 1. The van der Waals surface area contributed by atoms with E-state index in [4.69, 9.17) is 23.2 Å². The predicted molar refractivity (Wildman–Crippen MR) is 62.9 cm³/mol. The summed E-state index contributed by atoms with van der Waals surface area (Å²) in [6.07, 6.45) is 4.71. The van der Waals surface area contributed by atoms with Crippen LogP contribution in [0.4, 0.5) is 0 Å². The van der Waals surface area contributed by atoms with Crippen molar-refractivity contribution in [1.29, 1.82) is 0 Å². The molecule has 0 amide bonds. The summed E-state index contributed by atoms with van der Waals surface area (Å²) in [5.41, 5.74) is 2.65. The van der Waals surface area contributed by atoms with Gasteiger partial charge >= 0.3 is 0 Å². The summed E-state index contributed by atoms with van der Waals surface area (Å²) in [4.78, 5) is 0. The lowest BCUT2D eigenvalue weighted by atomic mass is 10.0. The van der Waals surface area contributed by atoms with E-state index in [0.717, 1.165) is 10.9 Å². The lowest BCUT2D eigenvalue weighted by Crippen LogP contribution is -1.87. The molecule has 0 atom stereocenters. The Labute approximate surface area is 94.5 Å². The van der Waals surface area contributed by atoms with Crippen LogP contribution in [0.15, 0.2) is 30.3 Å². The lowest BCUT2D eigenvalue weighted by molar-refractivity contribution is 1.14. The molecule has 0 aliphatic heterocycles. The van der Waals surface area contributed by atoms with Gasteiger partial charge in [0.1, 0.15) is 0 Å². The van der Waals surface area contributed by atoms with Gasteiger partial charge in [-0.15, -0.1) is 11.6 Å². The summed E-state index contributed by atoms with van der Waals surface area (Å²) in [6, 6.07) is 8.00. The first kappa shape index (κ1) is 10.1. The molecule has 0 saturated heterocycles. The average Bonchev–Trinajstić information content (AvgIpc) is 2.99. The van der Waals surface area contributed by atoms with Gasteiger partial charge < -0.3 is 0 Å². The molecule has 0 unspecified atom stereocenters. The van der Waals surface area contributed by atoms with Crippen molar-refractivity contribution in [2.45, 2.75) is 12.8 Å². The fraction of sp³-hybridized carbons (Fsp3) is 0.333. The Morgan fingerprint density at radius 2 is 1.93 bits per heavy atom. The Kier molecular flexibility index (Phi) is 3.15. The van der Waals surface area contributed by atoms with E-state index in [1.165, 1.54) is 24.0 Å². The van der Waals surface area contributed by atoms with Crippen molar-refractivity contribution in [3.05, 3.63) is 40.9 Å². The Balaban J connectivity index is 2.26. The normalized spacial score (nSPS) is 17.1.